The van der Waals surface area contributed by atoms with E-state index in [1.165, 1.54) is 0 Å². The van der Waals surface area contributed by atoms with Gasteiger partial charge in [0, 0.05) is 49.1 Å². The molecule has 2 aliphatic rings. The zero-order valence-electron chi connectivity index (χ0n) is 16.4. The number of imidazole rings is 1. The van der Waals surface area contributed by atoms with Crippen LogP contribution < -0.4 is 5.56 Å². The third-order valence-corrected chi connectivity index (χ3v) is 6.48. The quantitative estimate of drug-likeness (QED) is 0.733. The van der Waals surface area contributed by atoms with Crippen LogP contribution in [-0.2, 0) is 11.2 Å². The number of rotatable bonds is 3. The van der Waals surface area contributed by atoms with Gasteiger partial charge in [-0.2, -0.15) is 0 Å². The Labute approximate surface area is 168 Å². The van der Waals surface area contributed by atoms with Gasteiger partial charge in [0.2, 0.25) is 5.91 Å². The Morgan fingerprint density at radius 1 is 1.24 bits per heavy atom. The molecule has 3 aromatic rings. The second-order valence-electron chi connectivity index (χ2n) is 8.21. The van der Waals surface area contributed by atoms with E-state index < -0.39 is 0 Å². The van der Waals surface area contributed by atoms with Gasteiger partial charge in [0.25, 0.3) is 5.56 Å². The number of aliphatic hydroxyl groups excluding tert-OH is 1. The highest BCUT2D eigenvalue weighted by atomic mass is 16.3. The van der Waals surface area contributed by atoms with E-state index in [9.17, 15) is 14.7 Å². The smallest absolute Gasteiger partial charge is 0.251 e. The molecule has 5 heterocycles. The molecular weight excluding hydrogens is 368 g/mol. The average molecular weight is 392 g/mol. The number of aliphatic hydroxyl groups is 1. The van der Waals surface area contributed by atoms with Gasteiger partial charge >= 0.3 is 0 Å². The molecule has 150 valence electrons. The molecule has 3 aromatic heterocycles. The first-order chi connectivity index (χ1) is 14.1. The molecule has 29 heavy (non-hydrogen) atoms. The molecule has 1 amide bonds. The Morgan fingerprint density at radius 2 is 2.10 bits per heavy atom. The second kappa shape index (κ2) is 6.84. The maximum absolute atomic E-state index is 13.2. The second-order valence-corrected chi connectivity index (χ2v) is 8.21. The third-order valence-electron chi connectivity index (χ3n) is 6.48. The van der Waals surface area contributed by atoms with Crippen LogP contribution in [0.4, 0.5) is 0 Å². The fourth-order valence-electron chi connectivity index (χ4n) is 5.08. The van der Waals surface area contributed by atoms with Gasteiger partial charge in [-0.1, -0.05) is 12.1 Å². The number of hydrogen-bond donors (Lipinski definition) is 1. The predicted octanol–water partition coefficient (Wildman–Crippen LogP) is 1.53. The first-order valence-electron chi connectivity index (χ1n) is 10.1. The molecule has 7 nitrogen and oxygen atoms in total. The van der Waals surface area contributed by atoms with Crippen molar-refractivity contribution >= 4 is 11.6 Å². The molecule has 5 rings (SSSR count). The lowest BCUT2D eigenvalue weighted by molar-refractivity contribution is -0.133. The number of carbonyl (C=O) groups excluding carboxylic acids is 1. The molecule has 0 radical (unpaired) electrons. The van der Waals surface area contributed by atoms with Crippen molar-refractivity contribution in [1.29, 1.82) is 0 Å². The van der Waals surface area contributed by atoms with Gasteiger partial charge in [0.05, 0.1) is 24.8 Å². The standard InChI is InChI=1S/C22H24N4O3/c1-14-4-3-7-25-17(10-23-22(14)25)9-21(29)24-11-15-8-16(12-24)19(13-27)26-18(15)5-2-6-20(26)28/h2-7,10,15-16,19,27H,8-9,11-13H2,1H3/t15-,16+,19+/m1/s1. The van der Waals surface area contributed by atoms with Crippen molar-refractivity contribution in [3.8, 4) is 0 Å². The van der Waals surface area contributed by atoms with Crippen molar-refractivity contribution in [3.63, 3.8) is 0 Å². The Bertz CT molecular complexity index is 1150. The van der Waals surface area contributed by atoms with Crippen molar-refractivity contribution in [2.45, 2.75) is 31.7 Å². The van der Waals surface area contributed by atoms with Crippen molar-refractivity contribution in [3.05, 3.63) is 70.0 Å². The number of pyridine rings is 2. The highest BCUT2D eigenvalue weighted by Crippen LogP contribution is 2.40. The molecule has 2 bridgehead atoms. The van der Waals surface area contributed by atoms with Gasteiger partial charge in [0.15, 0.2) is 0 Å². The molecule has 2 aliphatic heterocycles. The number of likely N-dealkylation sites (tertiary alicyclic amines) is 1. The van der Waals surface area contributed by atoms with Gasteiger partial charge in [-0.3, -0.25) is 9.59 Å². The number of hydrogen-bond acceptors (Lipinski definition) is 4. The fraction of sp³-hybridized carbons (Fsp3) is 0.409. The van der Waals surface area contributed by atoms with Crippen LogP contribution in [-0.4, -0.2) is 49.6 Å². The Morgan fingerprint density at radius 3 is 2.93 bits per heavy atom. The minimum Gasteiger partial charge on any atom is -0.394 e. The Balaban J connectivity index is 1.43. The number of amides is 1. The van der Waals surface area contributed by atoms with Gasteiger partial charge in [-0.25, -0.2) is 4.98 Å². The average Bonchev–Trinajstić information content (AvgIpc) is 3.13. The number of fused-ring (bicyclic) bond motifs is 5. The number of carbonyl (C=O) groups is 1. The van der Waals surface area contributed by atoms with Crippen LogP contribution in [0.3, 0.4) is 0 Å². The first kappa shape index (κ1) is 18.1. The Hall–Kier alpha value is -2.93. The summed E-state index contributed by atoms with van der Waals surface area (Å²) >= 11 is 0. The van der Waals surface area contributed by atoms with Crippen LogP contribution >= 0.6 is 0 Å². The van der Waals surface area contributed by atoms with Crippen LogP contribution in [0.1, 0.15) is 35.3 Å². The summed E-state index contributed by atoms with van der Waals surface area (Å²) in [5, 5.41) is 9.98. The van der Waals surface area contributed by atoms with E-state index in [1.54, 1.807) is 22.9 Å². The molecule has 0 unspecified atom stereocenters. The monoisotopic (exact) mass is 392 g/mol. The fourth-order valence-corrected chi connectivity index (χ4v) is 5.08. The summed E-state index contributed by atoms with van der Waals surface area (Å²) in [6.45, 7) is 3.08. The number of aromatic nitrogens is 3. The maximum atomic E-state index is 13.2. The van der Waals surface area contributed by atoms with Crippen molar-refractivity contribution in [1.82, 2.24) is 18.9 Å². The summed E-state index contributed by atoms with van der Waals surface area (Å²) in [6.07, 6.45) is 4.90. The lowest BCUT2D eigenvalue weighted by Gasteiger charge is -2.46. The zero-order valence-corrected chi connectivity index (χ0v) is 16.4. The summed E-state index contributed by atoms with van der Waals surface area (Å²) in [7, 11) is 0. The van der Waals surface area contributed by atoms with Crippen molar-refractivity contribution < 1.29 is 9.90 Å². The van der Waals surface area contributed by atoms with Gasteiger partial charge < -0.3 is 19.0 Å². The highest BCUT2D eigenvalue weighted by Gasteiger charge is 2.41. The lowest BCUT2D eigenvalue weighted by atomic mass is 9.78. The summed E-state index contributed by atoms with van der Waals surface area (Å²) in [4.78, 5) is 31.9. The van der Waals surface area contributed by atoms with E-state index in [4.69, 9.17) is 0 Å². The van der Waals surface area contributed by atoms with Crippen LogP contribution in [0.15, 0.2) is 47.5 Å². The van der Waals surface area contributed by atoms with Crippen LogP contribution in [0.25, 0.3) is 5.65 Å². The molecule has 7 heteroatoms. The highest BCUT2D eigenvalue weighted by molar-refractivity contribution is 5.79. The van der Waals surface area contributed by atoms with E-state index in [0.29, 0.717) is 13.1 Å². The minimum absolute atomic E-state index is 0.0615. The molecule has 0 spiro atoms. The summed E-state index contributed by atoms with van der Waals surface area (Å²) in [6, 6.07) is 8.96. The molecule has 1 saturated heterocycles. The van der Waals surface area contributed by atoms with E-state index in [0.717, 1.165) is 29.0 Å². The molecule has 1 N–H and O–H groups in total. The molecular formula is C22H24N4O3. The first-order valence-corrected chi connectivity index (χ1v) is 10.1. The maximum Gasteiger partial charge on any atom is 0.251 e. The number of nitrogens with zero attached hydrogens (tertiary/aromatic N) is 4. The van der Waals surface area contributed by atoms with Crippen LogP contribution in [0.2, 0.25) is 0 Å². The van der Waals surface area contributed by atoms with Gasteiger partial charge in [0.1, 0.15) is 5.65 Å². The SMILES string of the molecule is Cc1cccn2c(CC(=O)N3C[C@H]4C[C@@H](C3)[C@H](CO)n3c4cccc3=O)cnc12. The van der Waals surface area contributed by atoms with E-state index in [2.05, 4.69) is 4.98 Å². The van der Waals surface area contributed by atoms with Crippen molar-refractivity contribution in [2.75, 3.05) is 19.7 Å². The van der Waals surface area contributed by atoms with Gasteiger partial charge in [-0.15, -0.1) is 0 Å². The molecule has 3 atom stereocenters. The van der Waals surface area contributed by atoms with Crippen LogP contribution in [0.5, 0.6) is 0 Å². The summed E-state index contributed by atoms with van der Waals surface area (Å²) in [5.41, 5.74) is 3.68. The van der Waals surface area contributed by atoms with Crippen LogP contribution in [0, 0.1) is 12.8 Å². The van der Waals surface area contributed by atoms with Gasteiger partial charge in [-0.05, 0) is 31.0 Å². The third kappa shape index (κ3) is 2.88. The molecule has 0 aromatic carbocycles. The number of aryl methyl sites for hydroxylation is 1. The normalized spacial score (nSPS) is 23.2. The summed E-state index contributed by atoms with van der Waals surface area (Å²) < 4.78 is 3.72. The topological polar surface area (TPSA) is 79.8 Å². The molecule has 0 aliphatic carbocycles. The number of piperidine rings is 1. The van der Waals surface area contributed by atoms with Crippen molar-refractivity contribution in [2.24, 2.45) is 5.92 Å². The lowest BCUT2D eigenvalue weighted by Crippen LogP contribution is -2.52. The zero-order chi connectivity index (χ0) is 20.1. The van der Waals surface area contributed by atoms with E-state index >= 15 is 0 Å². The Kier molecular flexibility index (Phi) is 4.28. The van der Waals surface area contributed by atoms with E-state index in [-0.39, 0.29) is 42.4 Å². The predicted molar refractivity (Wildman–Crippen MR) is 108 cm³/mol. The largest absolute Gasteiger partial charge is 0.394 e. The van der Waals surface area contributed by atoms with E-state index in [1.807, 2.05) is 40.6 Å². The molecule has 0 saturated carbocycles. The summed E-state index contributed by atoms with van der Waals surface area (Å²) in [5.74, 6) is 0.269. The molecule has 1 fully saturated rings. The minimum atomic E-state index is -0.274.